The second-order valence-electron chi connectivity index (χ2n) is 3.81. The van der Waals surface area contributed by atoms with Gasteiger partial charge in [-0.2, -0.15) is 0 Å². The molecule has 1 aliphatic carbocycles. The summed E-state index contributed by atoms with van der Waals surface area (Å²) < 4.78 is 0. The van der Waals surface area contributed by atoms with Gasteiger partial charge in [-0.25, -0.2) is 0 Å². The van der Waals surface area contributed by atoms with E-state index in [4.69, 9.17) is 5.73 Å². The van der Waals surface area contributed by atoms with Crippen molar-refractivity contribution < 1.29 is 0 Å². The molecule has 1 atom stereocenters. The zero-order chi connectivity index (χ0) is 6.91. The third kappa shape index (κ3) is 1.26. The molecule has 9 heavy (non-hydrogen) atoms. The van der Waals surface area contributed by atoms with Gasteiger partial charge in [-0.05, 0) is 30.7 Å². The second kappa shape index (κ2) is 2.30. The summed E-state index contributed by atoms with van der Waals surface area (Å²) in [6.45, 7) is 5.54. The molecule has 1 rings (SSSR count). The average molecular weight is 127 g/mol. The Morgan fingerprint density at radius 3 is 2.44 bits per heavy atom. The molecule has 1 saturated carbocycles. The van der Waals surface area contributed by atoms with Crippen molar-refractivity contribution in [3.8, 4) is 0 Å². The van der Waals surface area contributed by atoms with Crippen LogP contribution in [0.3, 0.4) is 0 Å². The largest absolute Gasteiger partial charge is 0.330 e. The van der Waals surface area contributed by atoms with E-state index in [0.717, 1.165) is 12.5 Å². The maximum Gasteiger partial charge on any atom is -0.00438 e. The molecule has 0 aliphatic heterocycles. The lowest BCUT2D eigenvalue weighted by Crippen LogP contribution is -2.24. The lowest BCUT2D eigenvalue weighted by Gasteiger charge is -2.25. The minimum Gasteiger partial charge on any atom is -0.330 e. The molecule has 1 nitrogen and oxygen atoms in total. The van der Waals surface area contributed by atoms with Crippen molar-refractivity contribution >= 4 is 0 Å². The Labute approximate surface area is 57.6 Å². The fraction of sp³-hybridized carbons (Fsp3) is 1.00. The SMILES string of the molecule is CC1(C)CCC[C@@H]1CN. The highest BCUT2D eigenvalue weighted by atomic mass is 14.6. The molecule has 1 aliphatic rings. The molecule has 0 aromatic carbocycles. The second-order valence-corrected chi connectivity index (χ2v) is 3.81. The van der Waals surface area contributed by atoms with E-state index in [1.165, 1.54) is 19.3 Å². The van der Waals surface area contributed by atoms with Crippen LogP contribution in [0, 0.1) is 11.3 Å². The smallest absolute Gasteiger partial charge is 0.00438 e. The Hall–Kier alpha value is -0.0400. The van der Waals surface area contributed by atoms with Gasteiger partial charge < -0.3 is 5.73 Å². The first-order chi connectivity index (χ1) is 4.17. The van der Waals surface area contributed by atoms with Crippen molar-refractivity contribution in [2.75, 3.05) is 6.54 Å². The standard InChI is InChI=1S/C8H17N/c1-8(2)5-3-4-7(8)6-9/h7H,3-6,9H2,1-2H3/t7-/m1/s1. The van der Waals surface area contributed by atoms with Crippen LogP contribution in [0.1, 0.15) is 33.1 Å². The molecular formula is C8H17N. The van der Waals surface area contributed by atoms with Crippen LogP contribution in [0.15, 0.2) is 0 Å². The first-order valence-corrected chi connectivity index (χ1v) is 3.87. The highest BCUT2D eigenvalue weighted by Gasteiger charge is 2.32. The zero-order valence-electron chi connectivity index (χ0n) is 6.48. The normalized spacial score (nSPS) is 33.0. The molecule has 0 unspecified atom stereocenters. The molecule has 0 heterocycles. The van der Waals surface area contributed by atoms with E-state index in [1.807, 2.05) is 0 Å². The van der Waals surface area contributed by atoms with E-state index >= 15 is 0 Å². The average Bonchev–Trinajstić information content (AvgIpc) is 2.08. The molecule has 0 spiro atoms. The summed E-state index contributed by atoms with van der Waals surface area (Å²) in [5, 5.41) is 0. The Morgan fingerprint density at radius 1 is 1.56 bits per heavy atom. The Kier molecular flexibility index (Phi) is 1.80. The van der Waals surface area contributed by atoms with E-state index in [0.29, 0.717) is 5.41 Å². The molecule has 0 radical (unpaired) electrons. The molecule has 0 aromatic rings. The highest BCUT2D eigenvalue weighted by molar-refractivity contribution is 4.84. The van der Waals surface area contributed by atoms with Gasteiger partial charge in [-0.1, -0.05) is 20.3 Å². The number of nitrogens with two attached hydrogens (primary N) is 1. The van der Waals surface area contributed by atoms with Crippen LogP contribution in [0.2, 0.25) is 0 Å². The molecule has 0 amide bonds. The fourth-order valence-electron chi connectivity index (χ4n) is 1.84. The third-order valence-electron chi connectivity index (χ3n) is 2.76. The Bertz CT molecular complexity index is 96.7. The maximum absolute atomic E-state index is 5.61. The van der Waals surface area contributed by atoms with Gasteiger partial charge in [0.25, 0.3) is 0 Å². The summed E-state index contributed by atoms with van der Waals surface area (Å²) in [6, 6.07) is 0. The van der Waals surface area contributed by atoms with Crippen LogP contribution < -0.4 is 5.73 Å². The van der Waals surface area contributed by atoms with Crippen LogP contribution in [0.5, 0.6) is 0 Å². The minimum absolute atomic E-state index is 0.536. The molecule has 54 valence electrons. The number of rotatable bonds is 1. The van der Waals surface area contributed by atoms with Crippen LogP contribution in [0.25, 0.3) is 0 Å². The first kappa shape index (κ1) is 7.07. The monoisotopic (exact) mass is 127 g/mol. The van der Waals surface area contributed by atoms with Crippen molar-refractivity contribution in [1.29, 1.82) is 0 Å². The van der Waals surface area contributed by atoms with Crippen molar-refractivity contribution in [1.82, 2.24) is 0 Å². The fourth-order valence-corrected chi connectivity index (χ4v) is 1.84. The van der Waals surface area contributed by atoms with Crippen LogP contribution >= 0.6 is 0 Å². The molecule has 0 bridgehead atoms. The lowest BCUT2D eigenvalue weighted by molar-refractivity contribution is 0.267. The quantitative estimate of drug-likeness (QED) is 0.570. The van der Waals surface area contributed by atoms with Gasteiger partial charge in [0.1, 0.15) is 0 Å². The van der Waals surface area contributed by atoms with E-state index in [2.05, 4.69) is 13.8 Å². The predicted octanol–water partition coefficient (Wildman–Crippen LogP) is 1.77. The summed E-state index contributed by atoms with van der Waals surface area (Å²) in [4.78, 5) is 0. The van der Waals surface area contributed by atoms with Gasteiger partial charge in [0.05, 0.1) is 0 Å². The van der Waals surface area contributed by atoms with Gasteiger partial charge >= 0.3 is 0 Å². The van der Waals surface area contributed by atoms with Gasteiger partial charge in [0.15, 0.2) is 0 Å². The van der Waals surface area contributed by atoms with Crippen molar-refractivity contribution in [2.45, 2.75) is 33.1 Å². The van der Waals surface area contributed by atoms with Crippen molar-refractivity contribution in [3.05, 3.63) is 0 Å². The van der Waals surface area contributed by atoms with Gasteiger partial charge in [0.2, 0.25) is 0 Å². The van der Waals surface area contributed by atoms with Crippen LogP contribution in [-0.2, 0) is 0 Å². The molecule has 0 aromatic heterocycles. The summed E-state index contributed by atoms with van der Waals surface area (Å²) in [5.74, 6) is 0.789. The summed E-state index contributed by atoms with van der Waals surface area (Å²) >= 11 is 0. The first-order valence-electron chi connectivity index (χ1n) is 3.87. The Morgan fingerprint density at radius 2 is 2.22 bits per heavy atom. The van der Waals surface area contributed by atoms with Crippen LogP contribution in [-0.4, -0.2) is 6.54 Å². The van der Waals surface area contributed by atoms with E-state index in [-0.39, 0.29) is 0 Å². The van der Waals surface area contributed by atoms with Crippen molar-refractivity contribution in [3.63, 3.8) is 0 Å². The molecular weight excluding hydrogens is 110 g/mol. The van der Waals surface area contributed by atoms with E-state index < -0.39 is 0 Å². The maximum atomic E-state index is 5.61. The van der Waals surface area contributed by atoms with Gasteiger partial charge in [-0.3, -0.25) is 0 Å². The molecule has 2 N–H and O–H groups in total. The van der Waals surface area contributed by atoms with E-state index in [9.17, 15) is 0 Å². The Balaban J connectivity index is 2.52. The molecule has 0 saturated heterocycles. The topological polar surface area (TPSA) is 26.0 Å². The predicted molar refractivity (Wildman–Crippen MR) is 40.2 cm³/mol. The minimum atomic E-state index is 0.536. The molecule has 1 fully saturated rings. The third-order valence-corrected chi connectivity index (χ3v) is 2.76. The summed E-state index contributed by atoms with van der Waals surface area (Å²) in [5.41, 5.74) is 6.15. The summed E-state index contributed by atoms with van der Waals surface area (Å²) in [6.07, 6.45) is 4.10. The summed E-state index contributed by atoms with van der Waals surface area (Å²) in [7, 11) is 0. The van der Waals surface area contributed by atoms with Crippen molar-refractivity contribution in [2.24, 2.45) is 17.1 Å². The number of hydrogen-bond acceptors (Lipinski definition) is 1. The van der Waals surface area contributed by atoms with Crippen LogP contribution in [0.4, 0.5) is 0 Å². The zero-order valence-corrected chi connectivity index (χ0v) is 6.48. The van der Waals surface area contributed by atoms with E-state index in [1.54, 1.807) is 0 Å². The highest BCUT2D eigenvalue weighted by Crippen LogP contribution is 2.41. The lowest BCUT2D eigenvalue weighted by atomic mass is 9.82. The van der Waals surface area contributed by atoms with Gasteiger partial charge in [-0.15, -0.1) is 0 Å². The van der Waals surface area contributed by atoms with Gasteiger partial charge in [0, 0.05) is 0 Å². The number of hydrogen-bond donors (Lipinski definition) is 1. The molecule has 1 heteroatoms.